The highest BCUT2D eigenvalue weighted by atomic mass is 16.3. The molecule has 1 saturated heterocycles. The molecule has 0 spiro atoms. The highest BCUT2D eigenvalue weighted by Gasteiger charge is 2.41. The van der Waals surface area contributed by atoms with Gasteiger partial charge in [0, 0.05) is 13.1 Å². The number of likely N-dealkylation sites (tertiary alicyclic amines) is 1. The summed E-state index contributed by atoms with van der Waals surface area (Å²) in [4.78, 5) is 14.7. The molecule has 4 heteroatoms. The lowest BCUT2D eigenvalue weighted by Gasteiger charge is -2.37. The van der Waals surface area contributed by atoms with E-state index in [1.165, 1.54) is 0 Å². The van der Waals surface area contributed by atoms with E-state index in [2.05, 4.69) is 13.8 Å². The van der Waals surface area contributed by atoms with Crippen LogP contribution in [0.3, 0.4) is 0 Å². The minimum absolute atomic E-state index is 0.0112. The third-order valence-electron chi connectivity index (χ3n) is 4.15. The highest BCUT2D eigenvalue weighted by molar-refractivity contribution is 5.83. The van der Waals surface area contributed by atoms with Crippen molar-refractivity contribution in [2.75, 3.05) is 19.7 Å². The summed E-state index contributed by atoms with van der Waals surface area (Å²) in [5.41, 5.74) is 5.52. The number of hydrogen-bond donors (Lipinski definition) is 2. The number of carbonyl (C=O) groups is 1. The molecule has 0 aromatic rings. The molecule has 1 fully saturated rings. The van der Waals surface area contributed by atoms with Crippen molar-refractivity contribution in [2.45, 2.75) is 58.4 Å². The van der Waals surface area contributed by atoms with Gasteiger partial charge < -0.3 is 15.7 Å². The third kappa shape index (κ3) is 3.04. The van der Waals surface area contributed by atoms with Gasteiger partial charge in [0.2, 0.25) is 5.91 Å². The van der Waals surface area contributed by atoms with Crippen molar-refractivity contribution in [2.24, 2.45) is 11.1 Å². The zero-order valence-corrected chi connectivity index (χ0v) is 11.8. The van der Waals surface area contributed by atoms with Crippen LogP contribution in [-0.4, -0.2) is 41.7 Å². The van der Waals surface area contributed by atoms with Gasteiger partial charge in [-0.2, -0.15) is 0 Å². The van der Waals surface area contributed by atoms with Gasteiger partial charge in [-0.15, -0.1) is 0 Å². The number of aliphatic hydroxyl groups is 1. The Morgan fingerprint density at radius 1 is 1.39 bits per heavy atom. The lowest BCUT2D eigenvalue weighted by molar-refractivity contribution is -0.144. The van der Waals surface area contributed by atoms with Gasteiger partial charge in [0.15, 0.2) is 0 Å². The minimum Gasteiger partial charge on any atom is -0.394 e. The van der Waals surface area contributed by atoms with E-state index in [1.807, 2.05) is 4.90 Å². The highest BCUT2D eigenvalue weighted by Crippen LogP contribution is 2.34. The molecule has 1 amide bonds. The maximum absolute atomic E-state index is 12.8. The number of aliphatic hydroxyl groups excluding tert-OH is 1. The lowest BCUT2D eigenvalue weighted by atomic mass is 9.77. The van der Waals surface area contributed by atoms with Crippen molar-refractivity contribution in [3.05, 3.63) is 0 Å². The first-order valence-electron chi connectivity index (χ1n) is 7.27. The number of nitrogens with two attached hydrogens (primary N) is 1. The molecule has 0 saturated carbocycles. The second-order valence-corrected chi connectivity index (χ2v) is 5.46. The Balaban J connectivity index is 2.86. The Kier molecular flexibility index (Phi) is 6.09. The second-order valence-electron chi connectivity index (χ2n) is 5.46. The Hall–Kier alpha value is -0.610. The summed E-state index contributed by atoms with van der Waals surface area (Å²) in [6.45, 7) is 5.47. The number of nitrogens with zero attached hydrogens (tertiary/aromatic N) is 1. The summed E-state index contributed by atoms with van der Waals surface area (Å²) in [6, 6.07) is 0.0112. The Labute approximate surface area is 111 Å². The van der Waals surface area contributed by atoms with Crippen molar-refractivity contribution >= 4 is 5.91 Å². The Bertz CT molecular complexity index is 263. The predicted octanol–water partition coefficient (Wildman–Crippen LogP) is 1.51. The van der Waals surface area contributed by atoms with Crippen molar-refractivity contribution in [3.63, 3.8) is 0 Å². The van der Waals surface area contributed by atoms with E-state index in [-0.39, 0.29) is 18.6 Å². The van der Waals surface area contributed by atoms with Gasteiger partial charge in [-0.25, -0.2) is 0 Å². The Morgan fingerprint density at radius 2 is 2.00 bits per heavy atom. The van der Waals surface area contributed by atoms with Gasteiger partial charge in [-0.3, -0.25) is 4.79 Å². The fourth-order valence-electron chi connectivity index (χ4n) is 3.18. The van der Waals surface area contributed by atoms with Gasteiger partial charge >= 0.3 is 0 Å². The summed E-state index contributed by atoms with van der Waals surface area (Å²) < 4.78 is 0. The second kappa shape index (κ2) is 7.10. The van der Waals surface area contributed by atoms with Crippen LogP contribution in [0.4, 0.5) is 0 Å². The van der Waals surface area contributed by atoms with Crippen molar-refractivity contribution in [1.29, 1.82) is 0 Å². The SMILES string of the molecule is CCCC(CN)(CCC)C(=O)N1CCCC1CO. The maximum atomic E-state index is 12.8. The molecule has 1 aliphatic rings. The van der Waals surface area contributed by atoms with Gasteiger partial charge in [-0.1, -0.05) is 26.7 Å². The van der Waals surface area contributed by atoms with E-state index in [0.29, 0.717) is 6.54 Å². The predicted molar refractivity (Wildman–Crippen MR) is 73.1 cm³/mol. The molecule has 1 unspecified atom stereocenters. The first-order valence-corrected chi connectivity index (χ1v) is 7.27. The molecule has 0 aliphatic carbocycles. The third-order valence-corrected chi connectivity index (χ3v) is 4.15. The van der Waals surface area contributed by atoms with E-state index >= 15 is 0 Å². The zero-order valence-electron chi connectivity index (χ0n) is 11.8. The molecule has 3 N–H and O–H groups in total. The normalized spacial score (nSPS) is 20.4. The van der Waals surface area contributed by atoms with E-state index < -0.39 is 5.41 Å². The van der Waals surface area contributed by atoms with Crippen molar-refractivity contribution in [1.82, 2.24) is 4.90 Å². The van der Waals surface area contributed by atoms with Crippen LogP contribution in [0.25, 0.3) is 0 Å². The van der Waals surface area contributed by atoms with Crippen LogP contribution < -0.4 is 5.73 Å². The van der Waals surface area contributed by atoms with Gasteiger partial charge in [0.05, 0.1) is 18.1 Å². The standard InChI is InChI=1S/C14H28N2O2/c1-3-7-14(11-15,8-4-2)13(18)16-9-5-6-12(16)10-17/h12,17H,3-11,15H2,1-2H3. The van der Waals surface area contributed by atoms with Crippen LogP contribution >= 0.6 is 0 Å². The van der Waals surface area contributed by atoms with Gasteiger partial charge in [0.1, 0.15) is 0 Å². The molecule has 18 heavy (non-hydrogen) atoms. The molecule has 0 radical (unpaired) electrons. The molecule has 1 aliphatic heterocycles. The summed E-state index contributed by atoms with van der Waals surface area (Å²) in [7, 11) is 0. The summed E-state index contributed by atoms with van der Waals surface area (Å²) in [6.07, 6.45) is 5.56. The molecular formula is C14H28N2O2. The zero-order chi connectivity index (χ0) is 13.6. The fraction of sp³-hybridized carbons (Fsp3) is 0.929. The minimum atomic E-state index is -0.402. The van der Waals surface area contributed by atoms with Crippen molar-refractivity contribution < 1.29 is 9.90 Å². The molecule has 0 aromatic carbocycles. The van der Waals surface area contributed by atoms with Crippen molar-refractivity contribution in [3.8, 4) is 0 Å². The van der Waals surface area contributed by atoms with Crippen LogP contribution in [0.2, 0.25) is 0 Å². The van der Waals surface area contributed by atoms with Crippen LogP contribution in [0.15, 0.2) is 0 Å². The molecule has 1 heterocycles. The number of carbonyl (C=O) groups excluding carboxylic acids is 1. The summed E-state index contributed by atoms with van der Waals surface area (Å²) >= 11 is 0. The average molecular weight is 256 g/mol. The monoisotopic (exact) mass is 256 g/mol. The lowest BCUT2D eigenvalue weighted by Crippen LogP contribution is -2.50. The van der Waals surface area contributed by atoms with Crippen LogP contribution in [0, 0.1) is 5.41 Å². The molecule has 106 valence electrons. The number of rotatable bonds is 7. The molecule has 4 nitrogen and oxygen atoms in total. The van der Waals surface area contributed by atoms with Gasteiger partial charge in [-0.05, 0) is 25.7 Å². The van der Waals surface area contributed by atoms with E-state index in [9.17, 15) is 9.90 Å². The first-order chi connectivity index (χ1) is 8.65. The largest absolute Gasteiger partial charge is 0.394 e. The topological polar surface area (TPSA) is 66.6 Å². The van der Waals surface area contributed by atoms with Crippen LogP contribution in [-0.2, 0) is 4.79 Å². The van der Waals surface area contributed by atoms with E-state index in [1.54, 1.807) is 0 Å². The van der Waals surface area contributed by atoms with Gasteiger partial charge in [0.25, 0.3) is 0 Å². The fourth-order valence-corrected chi connectivity index (χ4v) is 3.18. The smallest absolute Gasteiger partial charge is 0.230 e. The summed E-state index contributed by atoms with van der Waals surface area (Å²) in [5, 5.41) is 9.36. The molecule has 0 aromatic heterocycles. The molecular weight excluding hydrogens is 228 g/mol. The van der Waals surface area contributed by atoms with E-state index in [0.717, 1.165) is 45.1 Å². The maximum Gasteiger partial charge on any atom is 0.230 e. The van der Waals surface area contributed by atoms with Crippen LogP contribution in [0.1, 0.15) is 52.4 Å². The quantitative estimate of drug-likeness (QED) is 0.725. The van der Waals surface area contributed by atoms with E-state index in [4.69, 9.17) is 5.73 Å². The first kappa shape index (κ1) is 15.4. The Morgan fingerprint density at radius 3 is 2.44 bits per heavy atom. The summed E-state index contributed by atoms with van der Waals surface area (Å²) in [5.74, 6) is 0.172. The number of amides is 1. The molecule has 1 rings (SSSR count). The van der Waals surface area contributed by atoms with Crippen LogP contribution in [0.5, 0.6) is 0 Å². The number of hydrogen-bond acceptors (Lipinski definition) is 3. The molecule has 0 bridgehead atoms. The average Bonchev–Trinajstić information content (AvgIpc) is 2.85. The molecule has 1 atom stereocenters.